The predicted octanol–water partition coefficient (Wildman–Crippen LogP) is 1.59. The van der Waals surface area contributed by atoms with Crippen molar-refractivity contribution in [3.05, 3.63) is 11.3 Å². The van der Waals surface area contributed by atoms with Crippen LogP contribution in [0.1, 0.15) is 31.1 Å². The van der Waals surface area contributed by atoms with E-state index in [0.29, 0.717) is 18.2 Å². The molecule has 14 heavy (non-hydrogen) atoms. The summed E-state index contributed by atoms with van der Waals surface area (Å²) in [5.74, 6) is 1.20. The minimum Gasteiger partial charge on any atom is -0.475 e. The topological polar surface area (TPSA) is 67.9 Å². The van der Waals surface area contributed by atoms with E-state index in [1.807, 2.05) is 6.92 Å². The average Bonchev–Trinajstić information content (AvgIpc) is 2.62. The molecule has 5 heteroatoms. The van der Waals surface area contributed by atoms with Gasteiger partial charge in [-0.1, -0.05) is 5.16 Å². The van der Waals surface area contributed by atoms with E-state index < -0.39 is 0 Å². The third-order valence-electron chi connectivity index (χ3n) is 2.24. The van der Waals surface area contributed by atoms with Crippen molar-refractivity contribution in [2.24, 2.45) is 5.16 Å². The Morgan fingerprint density at radius 1 is 1.57 bits per heavy atom. The fourth-order valence-corrected chi connectivity index (χ4v) is 1.64. The fourth-order valence-electron chi connectivity index (χ4n) is 1.64. The molecule has 0 saturated heterocycles. The van der Waals surface area contributed by atoms with Crippen LogP contribution < -0.4 is 4.74 Å². The van der Waals surface area contributed by atoms with E-state index in [1.54, 1.807) is 0 Å². The van der Waals surface area contributed by atoms with Gasteiger partial charge < -0.3 is 14.5 Å². The minimum atomic E-state index is 0.440. The summed E-state index contributed by atoms with van der Waals surface area (Å²) < 4.78 is 10.4. The van der Waals surface area contributed by atoms with Crippen molar-refractivity contribution >= 4 is 5.71 Å². The highest BCUT2D eigenvalue weighted by Crippen LogP contribution is 2.29. The number of rotatable bonds is 2. The van der Waals surface area contributed by atoms with Gasteiger partial charge in [0.15, 0.2) is 0 Å². The Labute approximate surface area is 81.3 Å². The molecular formula is C9H12N2O3. The summed E-state index contributed by atoms with van der Waals surface area (Å²) in [7, 11) is 0. The summed E-state index contributed by atoms with van der Waals surface area (Å²) in [4.78, 5) is 0. The highest BCUT2D eigenvalue weighted by Gasteiger charge is 2.26. The van der Waals surface area contributed by atoms with E-state index in [2.05, 4.69) is 10.3 Å². The lowest BCUT2D eigenvalue weighted by atomic mass is 9.96. The zero-order chi connectivity index (χ0) is 9.97. The van der Waals surface area contributed by atoms with Crippen molar-refractivity contribution in [1.82, 2.24) is 5.16 Å². The maximum absolute atomic E-state index is 8.81. The number of ether oxygens (including phenoxy) is 1. The Balaban J connectivity index is 2.41. The van der Waals surface area contributed by atoms with Crippen LogP contribution in [0, 0.1) is 0 Å². The largest absolute Gasteiger partial charge is 0.475 e. The third kappa shape index (κ3) is 1.34. The normalized spacial score (nSPS) is 18.2. The van der Waals surface area contributed by atoms with Crippen molar-refractivity contribution in [3.8, 4) is 5.88 Å². The highest BCUT2D eigenvalue weighted by molar-refractivity contribution is 6.03. The molecule has 5 nitrogen and oxygen atoms in total. The molecule has 0 atom stereocenters. The number of hydrogen-bond acceptors (Lipinski definition) is 5. The average molecular weight is 196 g/mol. The predicted molar refractivity (Wildman–Crippen MR) is 48.9 cm³/mol. The van der Waals surface area contributed by atoms with Gasteiger partial charge in [0.2, 0.25) is 0 Å². The van der Waals surface area contributed by atoms with Gasteiger partial charge in [0.05, 0.1) is 12.3 Å². The summed E-state index contributed by atoms with van der Waals surface area (Å²) in [6.07, 6.45) is 2.49. The van der Waals surface area contributed by atoms with Crippen molar-refractivity contribution in [2.75, 3.05) is 6.61 Å². The lowest BCUT2D eigenvalue weighted by molar-refractivity contribution is 0.289. The van der Waals surface area contributed by atoms with Crippen LogP contribution in [0.3, 0.4) is 0 Å². The van der Waals surface area contributed by atoms with Gasteiger partial charge in [-0.25, -0.2) is 0 Å². The summed E-state index contributed by atoms with van der Waals surface area (Å²) in [5.41, 5.74) is 1.34. The zero-order valence-electron chi connectivity index (χ0n) is 7.99. The number of oxime groups is 1. The molecular weight excluding hydrogens is 184 g/mol. The van der Waals surface area contributed by atoms with Crippen LogP contribution in [0.15, 0.2) is 9.68 Å². The number of fused-ring (bicyclic) bond motifs is 1. The monoisotopic (exact) mass is 196 g/mol. The van der Waals surface area contributed by atoms with Crippen molar-refractivity contribution < 1.29 is 14.5 Å². The molecule has 0 aromatic carbocycles. The van der Waals surface area contributed by atoms with Crippen LogP contribution in [-0.4, -0.2) is 22.7 Å². The Kier molecular flexibility index (Phi) is 2.39. The highest BCUT2D eigenvalue weighted by atomic mass is 16.5. The van der Waals surface area contributed by atoms with Gasteiger partial charge in [-0.15, -0.1) is 0 Å². The molecule has 1 aromatic rings. The van der Waals surface area contributed by atoms with E-state index >= 15 is 0 Å². The number of aromatic nitrogens is 1. The van der Waals surface area contributed by atoms with Crippen LogP contribution in [0.2, 0.25) is 0 Å². The Morgan fingerprint density at radius 2 is 2.43 bits per heavy atom. The van der Waals surface area contributed by atoms with Crippen molar-refractivity contribution in [2.45, 2.75) is 26.2 Å². The Hall–Kier alpha value is -1.52. The molecule has 2 rings (SSSR count). The van der Waals surface area contributed by atoms with E-state index in [1.165, 1.54) is 0 Å². The lowest BCUT2D eigenvalue weighted by Crippen LogP contribution is -2.11. The molecule has 0 unspecified atom stereocenters. The lowest BCUT2D eigenvalue weighted by Gasteiger charge is -2.10. The van der Waals surface area contributed by atoms with Gasteiger partial charge in [-0.3, -0.25) is 0 Å². The zero-order valence-corrected chi connectivity index (χ0v) is 7.99. The van der Waals surface area contributed by atoms with Gasteiger partial charge in [-0.2, -0.15) is 0 Å². The number of nitrogens with zero attached hydrogens (tertiary/aromatic N) is 2. The minimum absolute atomic E-state index is 0.440. The first-order valence-electron chi connectivity index (χ1n) is 4.69. The van der Waals surface area contributed by atoms with Crippen LogP contribution in [0.5, 0.6) is 5.88 Å². The second-order valence-electron chi connectivity index (χ2n) is 3.12. The smallest absolute Gasteiger partial charge is 0.263 e. The molecule has 0 bridgehead atoms. The van der Waals surface area contributed by atoms with Crippen molar-refractivity contribution in [1.29, 1.82) is 0 Å². The van der Waals surface area contributed by atoms with Crippen molar-refractivity contribution in [3.63, 3.8) is 0 Å². The summed E-state index contributed by atoms with van der Waals surface area (Å²) in [6, 6.07) is 0. The number of aryl methyl sites for hydroxylation is 1. The fraction of sp³-hybridized carbons (Fsp3) is 0.556. The molecule has 0 fully saturated rings. The van der Waals surface area contributed by atoms with Gasteiger partial charge in [0, 0.05) is 6.42 Å². The van der Waals surface area contributed by atoms with Crippen LogP contribution in [0.4, 0.5) is 0 Å². The van der Waals surface area contributed by atoms with E-state index in [-0.39, 0.29) is 0 Å². The van der Waals surface area contributed by atoms with Gasteiger partial charge >= 0.3 is 0 Å². The molecule has 1 aliphatic rings. The quantitative estimate of drug-likeness (QED) is 0.576. The van der Waals surface area contributed by atoms with E-state index in [4.69, 9.17) is 14.5 Å². The first-order valence-corrected chi connectivity index (χ1v) is 4.69. The molecule has 0 radical (unpaired) electrons. The molecule has 76 valence electrons. The molecule has 1 heterocycles. The van der Waals surface area contributed by atoms with Crippen LogP contribution >= 0.6 is 0 Å². The van der Waals surface area contributed by atoms with Gasteiger partial charge in [0.25, 0.3) is 5.88 Å². The maximum Gasteiger partial charge on any atom is 0.263 e. The SMILES string of the molecule is CCOc1noc2c1/C(=N/O)CCC2. The second-order valence-corrected chi connectivity index (χ2v) is 3.12. The molecule has 0 spiro atoms. The molecule has 1 aromatic heterocycles. The Bertz CT molecular complexity index is 357. The molecule has 1 N–H and O–H groups in total. The first kappa shape index (κ1) is 9.05. The standard InChI is InChI=1S/C9H12N2O3/c1-2-13-9-8-6(10-12)4-3-5-7(8)14-11-9/h12H,2-5H2,1H3/b10-6+. The second kappa shape index (κ2) is 3.69. The summed E-state index contributed by atoms with van der Waals surface area (Å²) >= 11 is 0. The Morgan fingerprint density at radius 3 is 3.14 bits per heavy atom. The first-order chi connectivity index (χ1) is 6.86. The number of hydrogen-bond donors (Lipinski definition) is 1. The van der Waals surface area contributed by atoms with Gasteiger partial charge in [0.1, 0.15) is 11.3 Å². The molecule has 0 saturated carbocycles. The van der Waals surface area contributed by atoms with Gasteiger partial charge in [-0.05, 0) is 24.9 Å². The third-order valence-corrected chi connectivity index (χ3v) is 2.24. The van der Waals surface area contributed by atoms with Crippen LogP contribution in [0.25, 0.3) is 0 Å². The summed E-state index contributed by atoms with van der Waals surface area (Å²) in [5, 5.41) is 15.8. The van der Waals surface area contributed by atoms with E-state index in [9.17, 15) is 0 Å². The molecule has 0 amide bonds. The maximum atomic E-state index is 8.81. The van der Waals surface area contributed by atoms with E-state index in [0.717, 1.165) is 30.6 Å². The summed E-state index contributed by atoms with van der Waals surface area (Å²) in [6.45, 7) is 2.40. The molecule has 1 aliphatic carbocycles. The molecule has 0 aliphatic heterocycles. The van der Waals surface area contributed by atoms with Crippen LogP contribution in [-0.2, 0) is 6.42 Å².